The van der Waals surface area contributed by atoms with Crippen LogP contribution in [0.1, 0.15) is 39.3 Å². The van der Waals surface area contributed by atoms with Crippen LogP contribution in [-0.4, -0.2) is 74.9 Å². The van der Waals surface area contributed by atoms with Crippen LogP contribution in [0.2, 0.25) is 0 Å². The molecule has 0 spiro atoms. The van der Waals surface area contributed by atoms with E-state index in [0.717, 1.165) is 12.8 Å². The molecule has 1 fully saturated rings. The molecule has 6 atom stereocenters. The molecule has 0 radical (unpaired) electrons. The van der Waals surface area contributed by atoms with Crippen LogP contribution in [0.15, 0.2) is 48.8 Å². The SMILES string of the molecule is CCC(CC)COC(=O)[C@H](C)NP(=O)(OC[C@H]1O[C@@](CN)(c2ccc3c(N)ncnn23)[C@H](O)[C@@H]1O)Oc1ccccc1. The maximum absolute atomic E-state index is 13.9. The number of para-hydroxylation sites is 1. The van der Waals surface area contributed by atoms with Crippen LogP contribution in [0.5, 0.6) is 5.75 Å². The van der Waals surface area contributed by atoms with E-state index in [1.54, 1.807) is 42.5 Å². The van der Waals surface area contributed by atoms with Crippen LogP contribution in [0.4, 0.5) is 5.82 Å². The highest BCUT2D eigenvalue weighted by atomic mass is 31.2. The van der Waals surface area contributed by atoms with Crippen molar-refractivity contribution in [3.05, 3.63) is 54.5 Å². The normalized spacial score (nSPS) is 24.5. The lowest BCUT2D eigenvalue weighted by Gasteiger charge is -2.30. The standard InChI is InChI=1S/C27H39N6O8P/c1-4-18(5-2)13-38-26(36)17(3)32-42(37,41-19-9-7-6-8-10-19)39-14-21-23(34)24(35)27(15-28,40-21)22-12-11-20-25(29)30-16-31-33(20)22/h6-12,16-18,21,23-24,34-35H,4-5,13-15,28H2,1-3H3,(H,32,37)(H2,29,30,31)/t17-,21+,23+,24+,27-,42?/m0/s1. The number of esters is 1. The first-order valence-corrected chi connectivity index (χ1v) is 15.4. The van der Waals surface area contributed by atoms with Gasteiger partial charge in [0.1, 0.15) is 41.9 Å². The fraction of sp³-hybridized carbons (Fsp3) is 0.519. The van der Waals surface area contributed by atoms with Crippen molar-refractivity contribution in [2.24, 2.45) is 11.7 Å². The van der Waals surface area contributed by atoms with Crippen molar-refractivity contribution in [1.29, 1.82) is 0 Å². The summed E-state index contributed by atoms with van der Waals surface area (Å²) in [6.07, 6.45) is -1.25. The zero-order valence-electron chi connectivity index (χ0n) is 23.8. The van der Waals surface area contributed by atoms with E-state index < -0.39 is 50.3 Å². The Morgan fingerprint density at radius 2 is 1.93 bits per heavy atom. The Labute approximate surface area is 243 Å². The number of aliphatic hydroxyl groups is 2. The van der Waals surface area contributed by atoms with Crippen LogP contribution in [0, 0.1) is 5.92 Å². The van der Waals surface area contributed by atoms with Crippen LogP contribution in [0.3, 0.4) is 0 Å². The first-order valence-electron chi connectivity index (χ1n) is 13.8. The summed E-state index contributed by atoms with van der Waals surface area (Å²) in [5, 5.41) is 28.9. The van der Waals surface area contributed by atoms with Gasteiger partial charge in [-0.05, 0) is 37.1 Å². The molecule has 7 N–H and O–H groups in total. The molecule has 4 rings (SSSR count). The molecular weight excluding hydrogens is 567 g/mol. The molecule has 3 heterocycles. The molecule has 230 valence electrons. The van der Waals surface area contributed by atoms with E-state index in [1.165, 1.54) is 17.8 Å². The summed E-state index contributed by atoms with van der Waals surface area (Å²) in [6.45, 7) is 5.00. The number of aromatic nitrogens is 3. The molecular formula is C27H39N6O8P. The van der Waals surface area contributed by atoms with Gasteiger partial charge in [-0.1, -0.05) is 44.9 Å². The number of benzene rings is 1. The molecule has 1 aliphatic rings. The first kappa shape index (κ1) is 31.8. The monoisotopic (exact) mass is 606 g/mol. The van der Waals surface area contributed by atoms with E-state index in [1.807, 2.05) is 13.8 Å². The average molecular weight is 607 g/mol. The molecule has 0 saturated carbocycles. The number of ether oxygens (including phenoxy) is 2. The van der Waals surface area contributed by atoms with E-state index in [4.69, 9.17) is 30.0 Å². The minimum absolute atomic E-state index is 0.203. The molecule has 3 aromatic rings. The van der Waals surface area contributed by atoms with E-state index in [9.17, 15) is 19.6 Å². The number of nitrogens with one attached hydrogen (secondary N) is 1. The van der Waals surface area contributed by atoms with Gasteiger partial charge < -0.3 is 35.7 Å². The predicted octanol–water partition coefficient (Wildman–Crippen LogP) is 1.75. The van der Waals surface area contributed by atoms with Gasteiger partial charge >= 0.3 is 13.7 Å². The predicted molar refractivity (Wildman–Crippen MR) is 153 cm³/mol. The van der Waals surface area contributed by atoms with Gasteiger partial charge in [0.05, 0.1) is 18.9 Å². The lowest BCUT2D eigenvalue weighted by molar-refractivity contribution is -0.146. The van der Waals surface area contributed by atoms with Gasteiger partial charge in [0.15, 0.2) is 11.4 Å². The molecule has 42 heavy (non-hydrogen) atoms. The fourth-order valence-corrected chi connectivity index (χ4v) is 6.30. The van der Waals surface area contributed by atoms with Gasteiger partial charge in [-0.15, -0.1) is 0 Å². The van der Waals surface area contributed by atoms with E-state index in [-0.39, 0.29) is 30.6 Å². The Kier molecular flexibility index (Phi) is 10.2. The fourth-order valence-electron chi connectivity index (χ4n) is 4.80. The summed E-state index contributed by atoms with van der Waals surface area (Å²) in [4.78, 5) is 16.7. The van der Waals surface area contributed by atoms with Crippen molar-refractivity contribution < 1.29 is 38.1 Å². The highest BCUT2D eigenvalue weighted by Crippen LogP contribution is 2.47. The van der Waals surface area contributed by atoms with Crippen molar-refractivity contribution in [2.45, 2.75) is 63.6 Å². The summed E-state index contributed by atoms with van der Waals surface area (Å²) >= 11 is 0. The van der Waals surface area contributed by atoms with Crippen molar-refractivity contribution in [2.75, 3.05) is 25.5 Å². The van der Waals surface area contributed by atoms with Crippen molar-refractivity contribution in [3.63, 3.8) is 0 Å². The third kappa shape index (κ3) is 6.60. The van der Waals surface area contributed by atoms with Gasteiger partial charge in [0, 0.05) is 6.54 Å². The maximum Gasteiger partial charge on any atom is 0.459 e. The summed E-state index contributed by atoms with van der Waals surface area (Å²) in [5.74, 6) is 0.000156. The number of aliphatic hydroxyl groups excluding tert-OH is 2. The summed E-state index contributed by atoms with van der Waals surface area (Å²) in [7, 11) is -4.26. The van der Waals surface area contributed by atoms with E-state index in [2.05, 4.69) is 15.2 Å². The Bertz CT molecular complexity index is 1390. The second-order valence-electron chi connectivity index (χ2n) is 10.2. The number of carbonyl (C=O) groups excluding carboxylic acids is 1. The Morgan fingerprint density at radius 1 is 1.21 bits per heavy atom. The second kappa shape index (κ2) is 13.5. The van der Waals surface area contributed by atoms with E-state index in [0.29, 0.717) is 11.2 Å². The van der Waals surface area contributed by atoms with Crippen molar-refractivity contribution in [3.8, 4) is 5.75 Å². The van der Waals surface area contributed by atoms with Gasteiger partial charge in [-0.2, -0.15) is 10.2 Å². The smallest absolute Gasteiger partial charge is 0.459 e. The lowest BCUT2D eigenvalue weighted by Crippen LogP contribution is -2.47. The molecule has 2 aromatic heterocycles. The number of anilines is 1. The quantitative estimate of drug-likeness (QED) is 0.131. The topological polar surface area (TPSA) is 206 Å². The third-order valence-corrected chi connectivity index (χ3v) is 9.11. The molecule has 0 bridgehead atoms. The minimum Gasteiger partial charge on any atom is -0.464 e. The van der Waals surface area contributed by atoms with Gasteiger partial charge in [0.25, 0.3) is 0 Å². The molecule has 15 heteroatoms. The molecule has 14 nitrogen and oxygen atoms in total. The number of hydrogen-bond acceptors (Lipinski definition) is 12. The molecule has 1 aromatic carbocycles. The highest BCUT2D eigenvalue weighted by molar-refractivity contribution is 7.52. The zero-order valence-corrected chi connectivity index (χ0v) is 24.7. The van der Waals surface area contributed by atoms with Gasteiger partial charge in [0.2, 0.25) is 0 Å². The van der Waals surface area contributed by atoms with Crippen LogP contribution >= 0.6 is 7.75 Å². The molecule has 1 unspecified atom stereocenters. The number of nitrogen functional groups attached to an aromatic ring is 1. The molecule has 0 amide bonds. The summed E-state index contributed by atoms with van der Waals surface area (Å²) in [5.41, 5.74) is 11.2. The average Bonchev–Trinajstić information content (AvgIpc) is 3.53. The lowest BCUT2D eigenvalue weighted by atomic mass is 9.91. The van der Waals surface area contributed by atoms with Crippen LogP contribution in [-0.2, 0) is 29.0 Å². The number of nitrogens with zero attached hydrogens (tertiary/aromatic N) is 3. The maximum atomic E-state index is 13.9. The number of hydrogen-bond donors (Lipinski definition) is 5. The largest absolute Gasteiger partial charge is 0.464 e. The number of fused-ring (bicyclic) bond motifs is 1. The Balaban J connectivity index is 1.53. The van der Waals surface area contributed by atoms with Gasteiger partial charge in [-0.25, -0.2) is 14.1 Å². The minimum atomic E-state index is -4.26. The van der Waals surface area contributed by atoms with Gasteiger partial charge in [-0.3, -0.25) is 9.32 Å². The second-order valence-corrected chi connectivity index (χ2v) is 11.9. The Hall–Kier alpha value is -3.10. The van der Waals surface area contributed by atoms with Crippen LogP contribution < -0.4 is 21.1 Å². The third-order valence-electron chi connectivity index (χ3n) is 7.46. The molecule has 1 aliphatic heterocycles. The summed E-state index contributed by atoms with van der Waals surface area (Å²) in [6, 6.07) is 10.5. The van der Waals surface area contributed by atoms with Crippen molar-refractivity contribution >= 4 is 25.1 Å². The number of rotatable bonds is 14. The number of carbonyl (C=O) groups is 1. The summed E-state index contributed by atoms with van der Waals surface area (Å²) < 4.78 is 38.3. The molecule has 1 saturated heterocycles. The van der Waals surface area contributed by atoms with Crippen LogP contribution in [0.25, 0.3) is 5.52 Å². The van der Waals surface area contributed by atoms with E-state index >= 15 is 0 Å². The number of nitrogens with two attached hydrogens (primary N) is 2. The Morgan fingerprint density at radius 3 is 2.60 bits per heavy atom. The highest BCUT2D eigenvalue weighted by Gasteiger charge is 2.56. The van der Waals surface area contributed by atoms with Crippen molar-refractivity contribution in [1.82, 2.24) is 19.7 Å². The molecule has 0 aliphatic carbocycles. The first-order chi connectivity index (χ1) is 20.1. The zero-order chi connectivity index (χ0) is 30.5.